The monoisotopic (exact) mass is 332 g/mol. The molecule has 0 aromatic carbocycles. The van der Waals surface area contributed by atoms with Crippen LogP contribution in [0.25, 0.3) is 0 Å². The fraction of sp³-hybridized carbons (Fsp3) is 0.778. The standard InChI is InChI=1S/C18H24N2O4/c1-19-15(21)11-7-13-14(8-12(11)16(19)22)18(24)20(17(13)23)9-10-5-3-2-4-6-10/h10-14H,2-9H2,1H3. The van der Waals surface area contributed by atoms with Crippen LogP contribution in [0, 0.1) is 29.6 Å². The highest BCUT2D eigenvalue weighted by Crippen LogP contribution is 2.47. The van der Waals surface area contributed by atoms with Crippen LogP contribution >= 0.6 is 0 Å². The summed E-state index contributed by atoms with van der Waals surface area (Å²) in [6.45, 7) is 0.530. The molecule has 0 radical (unpaired) electrons. The number of carbonyl (C=O) groups excluding carboxylic acids is 4. The van der Waals surface area contributed by atoms with E-state index in [1.165, 1.54) is 36.1 Å². The van der Waals surface area contributed by atoms with E-state index in [0.29, 0.717) is 25.3 Å². The Morgan fingerprint density at radius 3 is 1.71 bits per heavy atom. The van der Waals surface area contributed by atoms with Gasteiger partial charge >= 0.3 is 0 Å². The van der Waals surface area contributed by atoms with Crippen molar-refractivity contribution in [1.29, 1.82) is 0 Å². The maximum Gasteiger partial charge on any atom is 0.233 e. The van der Waals surface area contributed by atoms with E-state index in [2.05, 4.69) is 0 Å². The van der Waals surface area contributed by atoms with Gasteiger partial charge in [-0.1, -0.05) is 19.3 Å². The quantitative estimate of drug-likeness (QED) is 0.712. The molecule has 2 aliphatic carbocycles. The van der Waals surface area contributed by atoms with E-state index >= 15 is 0 Å². The number of carbonyl (C=O) groups is 4. The van der Waals surface area contributed by atoms with Gasteiger partial charge in [-0.05, 0) is 31.6 Å². The number of hydrogen-bond acceptors (Lipinski definition) is 4. The van der Waals surface area contributed by atoms with E-state index in [-0.39, 0.29) is 23.6 Å². The van der Waals surface area contributed by atoms with Crippen LogP contribution in [0.2, 0.25) is 0 Å². The van der Waals surface area contributed by atoms with Crippen LogP contribution in [0.4, 0.5) is 0 Å². The molecule has 0 N–H and O–H groups in total. The van der Waals surface area contributed by atoms with Crippen LogP contribution in [-0.2, 0) is 19.2 Å². The van der Waals surface area contributed by atoms with Crippen molar-refractivity contribution in [3.63, 3.8) is 0 Å². The minimum Gasteiger partial charge on any atom is -0.285 e. The van der Waals surface area contributed by atoms with E-state index in [9.17, 15) is 19.2 Å². The van der Waals surface area contributed by atoms with Gasteiger partial charge in [0.15, 0.2) is 0 Å². The minimum atomic E-state index is -0.407. The summed E-state index contributed by atoms with van der Waals surface area (Å²) in [5.41, 5.74) is 0. The topological polar surface area (TPSA) is 74.8 Å². The highest BCUT2D eigenvalue weighted by Gasteiger charge is 2.58. The highest BCUT2D eigenvalue weighted by atomic mass is 16.2. The molecule has 4 atom stereocenters. The van der Waals surface area contributed by atoms with Gasteiger partial charge in [0.2, 0.25) is 23.6 Å². The fourth-order valence-corrected chi connectivity index (χ4v) is 5.22. The van der Waals surface area contributed by atoms with Crippen molar-refractivity contribution in [2.24, 2.45) is 29.6 Å². The average Bonchev–Trinajstić information content (AvgIpc) is 2.96. The molecule has 4 aliphatic rings. The van der Waals surface area contributed by atoms with Gasteiger partial charge in [0.1, 0.15) is 0 Å². The van der Waals surface area contributed by atoms with Crippen LogP contribution < -0.4 is 0 Å². The van der Waals surface area contributed by atoms with Gasteiger partial charge < -0.3 is 0 Å². The summed E-state index contributed by atoms with van der Waals surface area (Å²) in [5.74, 6) is -1.78. The predicted octanol–water partition coefficient (Wildman–Crippen LogP) is 1.19. The molecule has 0 bridgehead atoms. The molecule has 2 saturated carbocycles. The first kappa shape index (κ1) is 15.8. The Morgan fingerprint density at radius 1 is 0.750 bits per heavy atom. The van der Waals surface area contributed by atoms with E-state index in [4.69, 9.17) is 0 Å². The van der Waals surface area contributed by atoms with E-state index in [1.54, 1.807) is 0 Å². The first-order chi connectivity index (χ1) is 11.5. The van der Waals surface area contributed by atoms with E-state index < -0.39 is 23.7 Å². The van der Waals surface area contributed by atoms with Crippen molar-refractivity contribution in [3.05, 3.63) is 0 Å². The van der Waals surface area contributed by atoms with Gasteiger partial charge in [-0.25, -0.2) is 0 Å². The molecule has 6 heteroatoms. The third-order valence-electron chi connectivity index (χ3n) is 6.61. The lowest BCUT2D eigenvalue weighted by atomic mass is 9.70. The number of hydrogen-bond donors (Lipinski definition) is 0. The van der Waals surface area contributed by atoms with Gasteiger partial charge in [0.05, 0.1) is 23.7 Å². The first-order valence-corrected chi connectivity index (χ1v) is 9.15. The maximum atomic E-state index is 12.8. The smallest absolute Gasteiger partial charge is 0.233 e. The number of nitrogens with zero attached hydrogens (tertiary/aromatic N) is 2. The zero-order valence-electron chi connectivity index (χ0n) is 14.1. The van der Waals surface area contributed by atoms with Gasteiger partial charge in [0.25, 0.3) is 0 Å². The van der Waals surface area contributed by atoms with Crippen LogP contribution in [0.3, 0.4) is 0 Å². The number of imide groups is 2. The summed E-state index contributed by atoms with van der Waals surface area (Å²) < 4.78 is 0. The Bertz CT molecular complexity index is 568. The molecule has 0 aromatic heterocycles. The molecule has 24 heavy (non-hydrogen) atoms. The van der Waals surface area contributed by atoms with Crippen molar-refractivity contribution >= 4 is 23.6 Å². The Balaban J connectivity index is 1.52. The second-order valence-corrected chi connectivity index (χ2v) is 7.92. The van der Waals surface area contributed by atoms with Crippen molar-refractivity contribution in [2.75, 3.05) is 13.6 Å². The molecule has 0 spiro atoms. The van der Waals surface area contributed by atoms with Crippen molar-refractivity contribution in [3.8, 4) is 0 Å². The normalized spacial score (nSPS) is 37.2. The molecular weight excluding hydrogens is 308 g/mol. The van der Waals surface area contributed by atoms with E-state index in [1.807, 2.05) is 0 Å². The molecular formula is C18H24N2O4. The average molecular weight is 332 g/mol. The van der Waals surface area contributed by atoms with Crippen LogP contribution in [0.1, 0.15) is 44.9 Å². The molecule has 6 nitrogen and oxygen atoms in total. The van der Waals surface area contributed by atoms with Crippen LogP contribution in [0.5, 0.6) is 0 Å². The summed E-state index contributed by atoms with van der Waals surface area (Å²) in [6.07, 6.45) is 6.47. The lowest BCUT2D eigenvalue weighted by Crippen LogP contribution is -2.36. The SMILES string of the molecule is CN1C(=O)C2CC3C(=O)N(CC4CCCCC4)C(=O)C3CC2C1=O. The molecule has 4 amide bonds. The van der Waals surface area contributed by atoms with E-state index in [0.717, 1.165) is 12.8 Å². The lowest BCUT2D eigenvalue weighted by Gasteiger charge is -2.28. The largest absolute Gasteiger partial charge is 0.285 e. The fourth-order valence-electron chi connectivity index (χ4n) is 5.22. The Labute approximate surface area is 141 Å². The highest BCUT2D eigenvalue weighted by molar-refractivity contribution is 6.09. The number of rotatable bonds is 2. The van der Waals surface area contributed by atoms with Crippen LogP contribution in [-0.4, -0.2) is 47.0 Å². The van der Waals surface area contributed by atoms with Gasteiger partial charge in [-0.15, -0.1) is 0 Å². The molecule has 2 saturated heterocycles. The molecule has 2 aliphatic heterocycles. The summed E-state index contributed by atoms with van der Waals surface area (Å²) in [4.78, 5) is 52.6. The summed E-state index contributed by atoms with van der Waals surface area (Å²) >= 11 is 0. The second-order valence-electron chi connectivity index (χ2n) is 7.92. The second kappa shape index (κ2) is 5.67. The predicted molar refractivity (Wildman–Crippen MR) is 84.3 cm³/mol. The molecule has 2 heterocycles. The summed E-state index contributed by atoms with van der Waals surface area (Å²) in [5, 5.41) is 0. The Kier molecular flexibility index (Phi) is 3.73. The van der Waals surface area contributed by atoms with Crippen molar-refractivity contribution in [1.82, 2.24) is 9.80 Å². The zero-order chi connectivity index (χ0) is 17.0. The Hall–Kier alpha value is -1.72. The summed E-state index contributed by atoms with van der Waals surface area (Å²) in [6, 6.07) is 0. The molecule has 4 fully saturated rings. The molecule has 4 unspecified atom stereocenters. The minimum absolute atomic E-state index is 0.108. The molecule has 0 aromatic rings. The number of amides is 4. The van der Waals surface area contributed by atoms with Gasteiger partial charge in [-0.2, -0.15) is 0 Å². The molecule has 130 valence electrons. The van der Waals surface area contributed by atoms with Crippen LogP contribution in [0.15, 0.2) is 0 Å². The maximum absolute atomic E-state index is 12.8. The zero-order valence-corrected chi connectivity index (χ0v) is 14.1. The van der Waals surface area contributed by atoms with Gasteiger partial charge in [0, 0.05) is 13.6 Å². The van der Waals surface area contributed by atoms with Crippen molar-refractivity contribution < 1.29 is 19.2 Å². The number of fused-ring (bicyclic) bond motifs is 2. The third kappa shape index (κ3) is 2.22. The Morgan fingerprint density at radius 2 is 1.21 bits per heavy atom. The molecule has 4 rings (SSSR count). The number of likely N-dealkylation sites (tertiary alicyclic amines) is 2. The van der Waals surface area contributed by atoms with Crippen molar-refractivity contribution in [2.45, 2.75) is 44.9 Å². The lowest BCUT2D eigenvalue weighted by molar-refractivity contribution is -0.140. The first-order valence-electron chi connectivity index (χ1n) is 9.15. The van der Waals surface area contributed by atoms with Gasteiger partial charge in [-0.3, -0.25) is 29.0 Å². The summed E-state index contributed by atoms with van der Waals surface area (Å²) in [7, 11) is 1.50. The third-order valence-corrected chi connectivity index (χ3v) is 6.61.